The van der Waals surface area contributed by atoms with Crippen LogP contribution >= 0.6 is 0 Å². The number of aliphatic hydroxyl groups excluding tert-OH is 1. The number of para-hydroxylation sites is 4. The van der Waals surface area contributed by atoms with Crippen molar-refractivity contribution in [2.75, 3.05) is 33.4 Å². The first-order chi connectivity index (χ1) is 15.2. The SMILES string of the molecule is COc1ccccc1OCC(O)Cn1c(=N)n(CCN2CCCCC2)c2ccccc21.[Cl-]. The predicted molar refractivity (Wildman–Crippen MR) is 121 cm³/mol. The number of aromatic nitrogens is 2. The summed E-state index contributed by atoms with van der Waals surface area (Å²) < 4.78 is 15.0. The van der Waals surface area contributed by atoms with Crippen LogP contribution in [0.4, 0.5) is 0 Å². The Bertz CT molecular complexity index is 1060. The van der Waals surface area contributed by atoms with Crippen molar-refractivity contribution in [1.29, 1.82) is 5.41 Å². The first-order valence-corrected chi connectivity index (χ1v) is 11.1. The number of halogens is 1. The lowest BCUT2D eigenvalue weighted by molar-refractivity contribution is -0.00000890. The van der Waals surface area contributed by atoms with Crippen molar-refractivity contribution in [3.8, 4) is 11.5 Å². The maximum Gasteiger partial charge on any atom is 0.203 e. The summed E-state index contributed by atoms with van der Waals surface area (Å²) in [7, 11) is 1.60. The van der Waals surface area contributed by atoms with Crippen molar-refractivity contribution in [1.82, 2.24) is 14.0 Å². The molecule has 1 aliphatic heterocycles. The Balaban J connectivity index is 0.00000289. The van der Waals surface area contributed by atoms with Crippen LogP contribution in [0.5, 0.6) is 11.5 Å². The van der Waals surface area contributed by atoms with Gasteiger partial charge in [-0.15, -0.1) is 0 Å². The van der Waals surface area contributed by atoms with Crippen molar-refractivity contribution in [2.24, 2.45) is 0 Å². The fourth-order valence-corrected chi connectivity index (χ4v) is 4.32. The molecule has 4 rings (SSSR count). The van der Waals surface area contributed by atoms with E-state index in [0.29, 0.717) is 23.7 Å². The summed E-state index contributed by atoms with van der Waals surface area (Å²) in [6, 6.07) is 15.4. The molecule has 1 unspecified atom stereocenters. The number of aliphatic hydroxyl groups is 1. The molecule has 1 saturated heterocycles. The number of nitrogens with one attached hydrogen (secondary N) is 1. The van der Waals surface area contributed by atoms with Crippen LogP contribution in [0.15, 0.2) is 48.5 Å². The highest BCUT2D eigenvalue weighted by molar-refractivity contribution is 5.75. The topological polar surface area (TPSA) is 75.6 Å². The van der Waals surface area contributed by atoms with E-state index < -0.39 is 6.10 Å². The fraction of sp³-hybridized carbons (Fsp3) is 0.458. The van der Waals surface area contributed by atoms with Gasteiger partial charge in [-0.25, -0.2) is 0 Å². The molecule has 2 N–H and O–H groups in total. The Morgan fingerprint density at radius 3 is 2.22 bits per heavy atom. The zero-order chi connectivity index (χ0) is 21.6. The molecule has 1 fully saturated rings. The van der Waals surface area contributed by atoms with Crippen LogP contribution in [0.2, 0.25) is 0 Å². The van der Waals surface area contributed by atoms with Gasteiger partial charge in [-0.1, -0.05) is 30.7 Å². The summed E-state index contributed by atoms with van der Waals surface area (Å²) in [5.41, 5.74) is 2.40. The molecule has 32 heavy (non-hydrogen) atoms. The van der Waals surface area contributed by atoms with E-state index in [2.05, 4.69) is 15.5 Å². The highest BCUT2D eigenvalue weighted by atomic mass is 35.5. The van der Waals surface area contributed by atoms with E-state index >= 15 is 0 Å². The van der Waals surface area contributed by atoms with Crippen LogP contribution in [0, 0.1) is 5.41 Å². The molecule has 1 aliphatic rings. The quantitative estimate of drug-likeness (QED) is 0.467. The number of nitrogens with zero attached hydrogens (tertiary/aromatic N) is 3. The molecular weight excluding hydrogens is 428 g/mol. The predicted octanol–water partition coefficient (Wildman–Crippen LogP) is -0.139. The van der Waals surface area contributed by atoms with Crippen LogP contribution in [-0.4, -0.2) is 58.6 Å². The Kier molecular flexibility index (Phi) is 8.61. The minimum absolute atomic E-state index is 0. The van der Waals surface area contributed by atoms with Crippen LogP contribution in [-0.2, 0) is 13.1 Å². The van der Waals surface area contributed by atoms with E-state index in [1.165, 1.54) is 19.3 Å². The average Bonchev–Trinajstić information content (AvgIpc) is 3.08. The number of rotatable bonds is 9. The number of piperidine rings is 1. The summed E-state index contributed by atoms with van der Waals surface area (Å²) in [4.78, 5) is 2.48. The summed E-state index contributed by atoms with van der Waals surface area (Å²) in [6.45, 7) is 4.44. The van der Waals surface area contributed by atoms with Gasteiger partial charge < -0.3 is 41.0 Å². The largest absolute Gasteiger partial charge is 1.00 e. The third-order valence-corrected chi connectivity index (χ3v) is 5.96. The normalized spacial score (nSPS) is 15.3. The van der Waals surface area contributed by atoms with Gasteiger partial charge >= 0.3 is 0 Å². The second-order valence-electron chi connectivity index (χ2n) is 8.09. The molecule has 0 radical (unpaired) electrons. The van der Waals surface area contributed by atoms with Gasteiger partial charge in [0.1, 0.15) is 12.7 Å². The minimum Gasteiger partial charge on any atom is -1.00 e. The molecule has 3 aromatic rings. The number of methoxy groups -OCH3 is 1. The van der Waals surface area contributed by atoms with Crippen LogP contribution in [0.3, 0.4) is 0 Å². The molecule has 1 aromatic heterocycles. The number of ether oxygens (including phenoxy) is 2. The smallest absolute Gasteiger partial charge is 0.203 e. The van der Waals surface area contributed by atoms with E-state index in [1.54, 1.807) is 7.11 Å². The molecule has 0 saturated carbocycles. The monoisotopic (exact) mass is 459 g/mol. The maximum absolute atomic E-state index is 10.7. The zero-order valence-electron chi connectivity index (χ0n) is 18.5. The molecule has 2 aromatic carbocycles. The van der Waals surface area contributed by atoms with Gasteiger partial charge in [-0.2, -0.15) is 0 Å². The van der Waals surface area contributed by atoms with Gasteiger partial charge in [-0.3, -0.25) is 5.41 Å². The van der Waals surface area contributed by atoms with Gasteiger partial charge in [0.2, 0.25) is 5.62 Å². The number of hydrogen-bond acceptors (Lipinski definition) is 5. The van der Waals surface area contributed by atoms with Crippen LogP contribution < -0.4 is 27.5 Å². The Hall–Kier alpha value is -2.48. The molecule has 0 bridgehead atoms. The van der Waals surface area contributed by atoms with Crippen LogP contribution in [0.1, 0.15) is 19.3 Å². The lowest BCUT2D eigenvalue weighted by atomic mass is 10.1. The minimum atomic E-state index is -0.750. The van der Waals surface area contributed by atoms with Crippen molar-refractivity contribution >= 4 is 11.0 Å². The van der Waals surface area contributed by atoms with Gasteiger partial charge in [0, 0.05) is 13.1 Å². The third-order valence-electron chi connectivity index (χ3n) is 5.96. The molecule has 1 atom stereocenters. The molecule has 7 nitrogen and oxygen atoms in total. The summed E-state index contributed by atoms with van der Waals surface area (Å²) in [6.07, 6.45) is 3.10. The standard InChI is InChI=1S/C24H32N4O3.ClH/c1-30-22-11-5-6-12-23(22)31-18-19(29)17-28-21-10-4-3-9-20(21)27(24(28)25)16-15-26-13-7-2-8-14-26;/h3-6,9-12,19,25,29H,2,7-8,13-18H2,1H3;1H/p-1. The number of likely N-dealkylation sites (tertiary alicyclic amines) is 1. The lowest BCUT2D eigenvalue weighted by Gasteiger charge is -2.26. The Labute approximate surface area is 195 Å². The zero-order valence-corrected chi connectivity index (χ0v) is 19.3. The second kappa shape index (κ2) is 11.4. The molecular formula is C24H32ClN4O3-. The van der Waals surface area contributed by atoms with Gasteiger partial charge in [0.05, 0.1) is 24.7 Å². The van der Waals surface area contributed by atoms with E-state index in [0.717, 1.165) is 37.2 Å². The van der Waals surface area contributed by atoms with E-state index in [9.17, 15) is 5.11 Å². The number of imidazole rings is 1. The summed E-state index contributed by atoms with van der Waals surface area (Å²) in [5, 5.41) is 19.4. The molecule has 8 heteroatoms. The molecule has 0 aliphatic carbocycles. The maximum atomic E-state index is 10.7. The number of hydrogen-bond donors (Lipinski definition) is 2. The third kappa shape index (κ3) is 5.46. The molecule has 0 amide bonds. The van der Waals surface area contributed by atoms with E-state index in [1.807, 2.05) is 47.0 Å². The number of fused-ring (bicyclic) bond motifs is 1. The average molecular weight is 460 g/mol. The highest BCUT2D eigenvalue weighted by Crippen LogP contribution is 2.26. The first-order valence-electron chi connectivity index (χ1n) is 11.1. The van der Waals surface area contributed by atoms with Gasteiger partial charge in [0.25, 0.3) is 0 Å². The summed E-state index contributed by atoms with van der Waals surface area (Å²) in [5.74, 6) is 1.24. The van der Waals surface area contributed by atoms with Gasteiger partial charge in [-0.05, 0) is 50.2 Å². The molecule has 0 spiro atoms. The summed E-state index contributed by atoms with van der Waals surface area (Å²) >= 11 is 0. The Morgan fingerprint density at radius 1 is 0.906 bits per heavy atom. The molecule has 2 heterocycles. The van der Waals surface area contributed by atoms with Crippen LogP contribution in [0.25, 0.3) is 11.0 Å². The van der Waals surface area contributed by atoms with E-state index in [-0.39, 0.29) is 19.0 Å². The Morgan fingerprint density at radius 2 is 1.53 bits per heavy atom. The molecule has 174 valence electrons. The van der Waals surface area contributed by atoms with Crippen molar-refractivity contribution in [3.05, 3.63) is 54.1 Å². The first kappa shape index (κ1) is 24.2. The fourth-order valence-electron chi connectivity index (χ4n) is 4.32. The lowest BCUT2D eigenvalue weighted by Crippen LogP contribution is -3.00. The second-order valence-corrected chi connectivity index (χ2v) is 8.09. The highest BCUT2D eigenvalue weighted by Gasteiger charge is 2.16. The number of benzene rings is 2. The van der Waals surface area contributed by atoms with E-state index in [4.69, 9.17) is 14.9 Å². The van der Waals surface area contributed by atoms with Crippen molar-refractivity contribution in [3.63, 3.8) is 0 Å². The van der Waals surface area contributed by atoms with Crippen molar-refractivity contribution in [2.45, 2.75) is 38.5 Å². The van der Waals surface area contributed by atoms with Crippen molar-refractivity contribution < 1.29 is 27.0 Å². The van der Waals surface area contributed by atoms with Gasteiger partial charge in [0.15, 0.2) is 11.5 Å².